The maximum absolute atomic E-state index is 12.2. The van der Waals surface area contributed by atoms with Crippen LogP contribution >= 0.6 is 0 Å². The van der Waals surface area contributed by atoms with Crippen LogP contribution in [0.15, 0.2) is 72.8 Å². The number of alkyl carbamates (subject to hydrolysis) is 1. The molecule has 3 aromatic rings. The summed E-state index contributed by atoms with van der Waals surface area (Å²) in [6.45, 7) is 1.35. The minimum atomic E-state index is -0.449. The van der Waals surface area contributed by atoms with Crippen LogP contribution in [0, 0.1) is 11.8 Å². The Labute approximate surface area is 177 Å². The lowest BCUT2D eigenvalue weighted by Gasteiger charge is -2.14. The van der Waals surface area contributed by atoms with Crippen LogP contribution in [0.5, 0.6) is 0 Å². The first-order valence-electron chi connectivity index (χ1n) is 10.1. The third-order valence-corrected chi connectivity index (χ3v) is 5.21. The molecule has 1 aliphatic carbocycles. The average Bonchev–Trinajstić information content (AvgIpc) is 3.10. The molecule has 0 radical (unpaired) electrons. The van der Waals surface area contributed by atoms with Gasteiger partial charge in [0.05, 0.1) is 6.54 Å². The van der Waals surface area contributed by atoms with E-state index in [4.69, 9.17) is 4.74 Å². The van der Waals surface area contributed by atoms with E-state index in [-0.39, 0.29) is 12.5 Å². The maximum atomic E-state index is 12.2. The molecule has 150 valence electrons. The molecule has 4 nitrogen and oxygen atoms in total. The van der Waals surface area contributed by atoms with Crippen LogP contribution in [0.4, 0.5) is 4.79 Å². The number of hydrogen-bond donors (Lipinski definition) is 2. The molecule has 0 spiro atoms. The highest BCUT2D eigenvalue weighted by Gasteiger charge is 2.28. The van der Waals surface area contributed by atoms with E-state index < -0.39 is 6.09 Å². The van der Waals surface area contributed by atoms with Crippen LogP contribution in [0.25, 0.3) is 11.1 Å². The summed E-state index contributed by atoms with van der Waals surface area (Å²) in [6.07, 6.45) is -0.449. The topological polar surface area (TPSA) is 50.4 Å². The summed E-state index contributed by atoms with van der Waals surface area (Å²) < 4.78 is 5.52. The van der Waals surface area contributed by atoms with Gasteiger partial charge in [0, 0.05) is 18.0 Å². The number of ether oxygens (including phenoxy) is 1. The molecular weight excluding hydrogens is 372 g/mol. The van der Waals surface area contributed by atoms with Gasteiger partial charge < -0.3 is 15.4 Å². The molecule has 4 heteroatoms. The van der Waals surface area contributed by atoms with Crippen LogP contribution < -0.4 is 10.6 Å². The SMILES string of the molecule is CNCc1cccc(C#CCNC(=O)OCC2c3ccccc3-c3ccccc32)c1. The van der Waals surface area contributed by atoms with E-state index in [9.17, 15) is 4.79 Å². The fourth-order valence-electron chi connectivity index (χ4n) is 3.88. The summed E-state index contributed by atoms with van der Waals surface area (Å²) in [7, 11) is 1.91. The van der Waals surface area contributed by atoms with Gasteiger partial charge in [-0.2, -0.15) is 0 Å². The molecule has 3 aromatic carbocycles. The van der Waals surface area contributed by atoms with Gasteiger partial charge in [0.25, 0.3) is 0 Å². The minimum Gasteiger partial charge on any atom is -0.449 e. The lowest BCUT2D eigenvalue weighted by molar-refractivity contribution is 0.144. The molecule has 0 bridgehead atoms. The van der Waals surface area contributed by atoms with E-state index in [1.807, 2.05) is 49.5 Å². The van der Waals surface area contributed by atoms with E-state index in [1.165, 1.54) is 27.8 Å². The first kappa shape index (κ1) is 19.8. The Morgan fingerprint density at radius 3 is 2.37 bits per heavy atom. The molecule has 4 rings (SSSR count). The lowest BCUT2D eigenvalue weighted by Crippen LogP contribution is -2.26. The number of carbonyl (C=O) groups excluding carboxylic acids is 1. The second kappa shape index (κ2) is 9.30. The van der Waals surface area contributed by atoms with Crippen molar-refractivity contribution in [2.45, 2.75) is 12.5 Å². The van der Waals surface area contributed by atoms with Gasteiger partial charge >= 0.3 is 6.09 Å². The first-order chi connectivity index (χ1) is 14.8. The van der Waals surface area contributed by atoms with Crippen LogP contribution in [-0.4, -0.2) is 26.3 Å². The molecule has 2 N–H and O–H groups in total. The van der Waals surface area contributed by atoms with Crippen molar-refractivity contribution in [3.05, 3.63) is 95.1 Å². The second-order valence-corrected chi connectivity index (χ2v) is 7.21. The number of fused-ring (bicyclic) bond motifs is 3. The summed E-state index contributed by atoms with van der Waals surface area (Å²) in [5, 5.41) is 5.84. The predicted octanol–water partition coefficient (Wildman–Crippen LogP) is 4.30. The molecule has 1 aliphatic rings. The van der Waals surface area contributed by atoms with Crippen molar-refractivity contribution in [1.82, 2.24) is 10.6 Å². The van der Waals surface area contributed by atoms with Crippen molar-refractivity contribution in [1.29, 1.82) is 0 Å². The zero-order valence-corrected chi connectivity index (χ0v) is 16.9. The van der Waals surface area contributed by atoms with Crippen LogP contribution in [0.2, 0.25) is 0 Å². The molecule has 0 heterocycles. The van der Waals surface area contributed by atoms with E-state index in [2.05, 4.69) is 52.8 Å². The van der Waals surface area contributed by atoms with E-state index in [0.29, 0.717) is 6.61 Å². The Hall–Kier alpha value is -3.55. The van der Waals surface area contributed by atoms with Crippen molar-refractivity contribution in [2.24, 2.45) is 0 Å². The molecular formula is C26H24N2O2. The molecule has 0 saturated carbocycles. The lowest BCUT2D eigenvalue weighted by atomic mass is 9.98. The maximum Gasteiger partial charge on any atom is 0.407 e. The molecule has 0 fully saturated rings. The molecule has 0 aromatic heterocycles. The number of carbonyl (C=O) groups is 1. The first-order valence-corrected chi connectivity index (χ1v) is 10.1. The third kappa shape index (κ3) is 4.37. The minimum absolute atomic E-state index is 0.0594. The highest BCUT2D eigenvalue weighted by Crippen LogP contribution is 2.44. The van der Waals surface area contributed by atoms with Gasteiger partial charge in [-0.3, -0.25) is 0 Å². The summed E-state index contributed by atoms with van der Waals surface area (Å²) in [4.78, 5) is 12.2. The van der Waals surface area contributed by atoms with E-state index in [0.717, 1.165) is 12.1 Å². The standard InChI is InChI=1S/C26H24N2O2/c1-27-17-20-9-6-8-19(16-20)10-7-15-28-26(29)30-18-25-23-13-4-2-11-21(23)22-12-3-5-14-24(22)25/h2-6,8-9,11-14,16,25,27H,15,17-18H2,1H3,(H,28,29). The molecule has 0 saturated heterocycles. The van der Waals surface area contributed by atoms with Crippen molar-refractivity contribution in [3.63, 3.8) is 0 Å². The smallest absolute Gasteiger partial charge is 0.407 e. The molecule has 0 aliphatic heterocycles. The molecule has 30 heavy (non-hydrogen) atoms. The van der Waals surface area contributed by atoms with Crippen LogP contribution in [-0.2, 0) is 11.3 Å². The van der Waals surface area contributed by atoms with Crippen molar-refractivity contribution in [2.75, 3.05) is 20.2 Å². The quantitative estimate of drug-likeness (QED) is 0.633. The van der Waals surface area contributed by atoms with Crippen molar-refractivity contribution < 1.29 is 9.53 Å². The van der Waals surface area contributed by atoms with Gasteiger partial charge in [0.2, 0.25) is 0 Å². The zero-order valence-electron chi connectivity index (χ0n) is 16.9. The normalized spacial score (nSPS) is 11.8. The van der Waals surface area contributed by atoms with Gasteiger partial charge in [-0.15, -0.1) is 0 Å². The molecule has 0 atom stereocenters. The number of benzene rings is 3. The Morgan fingerprint density at radius 1 is 0.967 bits per heavy atom. The third-order valence-electron chi connectivity index (χ3n) is 5.21. The van der Waals surface area contributed by atoms with Crippen molar-refractivity contribution >= 4 is 6.09 Å². The number of nitrogens with one attached hydrogen (secondary N) is 2. The Morgan fingerprint density at radius 2 is 1.67 bits per heavy atom. The fraction of sp³-hybridized carbons (Fsp3) is 0.192. The Kier molecular flexibility index (Phi) is 6.12. The van der Waals surface area contributed by atoms with Gasteiger partial charge in [-0.25, -0.2) is 4.79 Å². The van der Waals surface area contributed by atoms with E-state index >= 15 is 0 Å². The summed E-state index contributed by atoms with van der Waals surface area (Å²) in [6, 6.07) is 24.6. The number of amides is 1. The summed E-state index contributed by atoms with van der Waals surface area (Å²) in [5.74, 6) is 6.11. The van der Waals surface area contributed by atoms with Crippen molar-refractivity contribution in [3.8, 4) is 23.0 Å². The Bertz CT molecular complexity index is 1070. The van der Waals surface area contributed by atoms with E-state index in [1.54, 1.807) is 0 Å². The number of rotatable bonds is 5. The highest BCUT2D eigenvalue weighted by atomic mass is 16.5. The van der Waals surface area contributed by atoms with Gasteiger partial charge in [0.15, 0.2) is 0 Å². The summed E-state index contributed by atoms with van der Waals surface area (Å²) in [5.41, 5.74) is 6.94. The highest BCUT2D eigenvalue weighted by molar-refractivity contribution is 5.79. The number of hydrogen-bond acceptors (Lipinski definition) is 3. The van der Waals surface area contributed by atoms with Gasteiger partial charge in [0.1, 0.15) is 6.61 Å². The van der Waals surface area contributed by atoms with Crippen LogP contribution in [0.1, 0.15) is 28.2 Å². The van der Waals surface area contributed by atoms with Gasteiger partial charge in [-0.1, -0.05) is 72.5 Å². The fourth-order valence-corrected chi connectivity index (χ4v) is 3.88. The van der Waals surface area contributed by atoms with Gasteiger partial charge in [-0.05, 0) is 47.0 Å². The Balaban J connectivity index is 1.33. The summed E-state index contributed by atoms with van der Waals surface area (Å²) >= 11 is 0. The second-order valence-electron chi connectivity index (χ2n) is 7.21. The molecule has 1 amide bonds. The van der Waals surface area contributed by atoms with Crippen LogP contribution in [0.3, 0.4) is 0 Å². The monoisotopic (exact) mass is 396 g/mol. The predicted molar refractivity (Wildman–Crippen MR) is 119 cm³/mol. The zero-order chi connectivity index (χ0) is 20.8. The molecule has 0 unspecified atom stereocenters. The largest absolute Gasteiger partial charge is 0.449 e. The average molecular weight is 396 g/mol.